The van der Waals surface area contributed by atoms with Gasteiger partial charge in [-0.15, -0.1) is 0 Å². The van der Waals surface area contributed by atoms with Crippen LogP contribution in [0.15, 0.2) is 158 Å². The topological polar surface area (TPSA) is 27.2 Å². The maximum Gasteiger partial charge on any atom is 0.220 e. The van der Waals surface area contributed by atoms with E-state index in [2.05, 4.69) is 199 Å². The molecule has 0 radical (unpaired) electrons. The van der Waals surface area contributed by atoms with Crippen molar-refractivity contribution in [2.24, 2.45) is 0 Å². The number of benzene rings is 8. The number of para-hydroxylation sites is 4. The monoisotopic (exact) mass is 730 g/mol. The highest BCUT2D eigenvalue weighted by molar-refractivity contribution is 6.13. The minimum atomic E-state index is 0.922. The summed E-state index contributed by atoms with van der Waals surface area (Å²) in [5.41, 5.74) is 24.4. The van der Waals surface area contributed by atoms with Crippen LogP contribution in [-0.4, -0.2) is 18.5 Å². The third kappa shape index (κ3) is 4.24. The van der Waals surface area contributed by atoms with Gasteiger partial charge in [0.05, 0.1) is 38.8 Å². The number of aromatic nitrogens is 4. The largest absolute Gasteiger partial charge is 0.308 e. The third-order valence-electron chi connectivity index (χ3n) is 12.8. The number of aryl methyl sites for hydroxylation is 1. The van der Waals surface area contributed by atoms with E-state index in [0.29, 0.717) is 0 Å². The maximum atomic E-state index is 5.29. The molecular weight excluding hydrogens is 693 g/mol. The van der Waals surface area contributed by atoms with Crippen molar-refractivity contribution in [3.05, 3.63) is 180 Å². The number of hydrogen-bond donors (Lipinski definition) is 0. The van der Waals surface area contributed by atoms with Crippen LogP contribution < -0.4 is 0 Å². The molecule has 0 bridgehead atoms. The minimum Gasteiger partial charge on any atom is -0.308 e. The van der Waals surface area contributed by atoms with E-state index < -0.39 is 0 Å². The molecule has 11 aromatic rings. The van der Waals surface area contributed by atoms with Crippen LogP contribution in [0.2, 0.25) is 0 Å². The minimum absolute atomic E-state index is 0.922. The molecule has 0 aliphatic heterocycles. The Morgan fingerprint density at radius 3 is 1.63 bits per heavy atom. The van der Waals surface area contributed by atoms with Gasteiger partial charge < -0.3 is 4.57 Å². The summed E-state index contributed by atoms with van der Waals surface area (Å²) in [4.78, 5) is 5.29. The van der Waals surface area contributed by atoms with Gasteiger partial charge in [0.2, 0.25) is 5.78 Å². The molecule has 4 heteroatoms. The number of hydrogen-bond acceptors (Lipinski definition) is 1. The fourth-order valence-electron chi connectivity index (χ4n) is 10.0. The van der Waals surface area contributed by atoms with E-state index in [1.165, 1.54) is 94.3 Å². The second-order valence-corrected chi connectivity index (χ2v) is 15.7. The SMILES string of the molecule is Cc1c(C)c2c(c(-n3c4ccccc4c4cc(-n5c6ccccc6n6c7cccc(C)c7nc56)ccc43)c1C)-c1ccccc1-c1ccccc1-c1ccccc1-2. The van der Waals surface area contributed by atoms with E-state index in [0.717, 1.165) is 33.5 Å². The normalized spacial score (nSPS) is 12.2. The highest BCUT2D eigenvalue weighted by Gasteiger charge is 2.29. The zero-order valence-electron chi connectivity index (χ0n) is 32.3. The molecule has 0 fully saturated rings. The molecule has 0 atom stereocenters. The summed E-state index contributed by atoms with van der Waals surface area (Å²) < 4.78 is 7.20. The average molecular weight is 731 g/mol. The van der Waals surface area contributed by atoms with Gasteiger partial charge in [0.15, 0.2) is 0 Å². The predicted octanol–water partition coefficient (Wildman–Crippen LogP) is 13.7. The first kappa shape index (κ1) is 32.1. The highest BCUT2D eigenvalue weighted by Crippen LogP contribution is 2.53. The van der Waals surface area contributed by atoms with Crippen molar-refractivity contribution in [3.63, 3.8) is 0 Å². The van der Waals surface area contributed by atoms with Crippen molar-refractivity contribution in [1.82, 2.24) is 18.5 Å². The molecule has 3 heterocycles. The van der Waals surface area contributed by atoms with E-state index in [-0.39, 0.29) is 0 Å². The highest BCUT2D eigenvalue weighted by atomic mass is 15.2. The second-order valence-electron chi connectivity index (χ2n) is 15.7. The summed E-state index contributed by atoms with van der Waals surface area (Å²) in [5.74, 6) is 0.922. The van der Waals surface area contributed by atoms with Gasteiger partial charge in [-0.2, -0.15) is 0 Å². The Hall–Kier alpha value is -7.17. The number of fused-ring (bicyclic) bond motifs is 16. The van der Waals surface area contributed by atoms with Crippen molar-refractivity contribution in [2.45, 2.75) is 27.7 Å². The van der Waals surface area contributed by atoms with Gasteiger partial charge in [-0.1, -0.05) is 115 Å². The Morgan fingerprint density at radius 1 is 0.386 bits per heavy atom. The zero-order valence-corrected chi connectivity index (χ0v) is 32.3. The zero-order chi connectivity index (χ0) is 38.1. The lowest BCUT2D eigenvalue weighted by Crippen LogP contribution is -2.08. The molecular formula is C53H38N4. The molecule has 270 valence electrons. The molecule has 0 N–H and O–H groups in total. The third-order valence-corrected chi connectivity index (χ3v) is 12.8. The van der Waals surface area contributed by atoms with Gasteiger partial charge >= 0.3 is 0 Å². The Bertz CT molecular complexity index is 3510. The molecule has 57 heavy (non-hydrogen) atoms. The first-order chi connectivity index (χ1) is 28.0. The van der Waals surface area contributed by atoms with Crippen LogP contribution in [0.1, 0.15) is 22.3 Å². The molecule has 4 nitrogen and oxygen atoms in total. The van der Waals surface area contributed by atoms with Gasteiger partial charge in [0, 0.05) is 22.0 Å². The summed E-state index contributed by atoms with van der Waals surface area (Å²) >= 11 is 0. The van der Waals surface area contributed by atoms with Crippen LogP contribution in [0.25, 0.3) is 106 Å². The van der Waals surface area contributed by atoms with Crippen molar-refractivity contribution in [2.75, 3.05) is 0 Å². The lowest BCUT2D eigenvalue weighted by atomic mass is 9.77. The van der Waals surface area contributed by atoms with Gasteiger partial charge in [-0.25, -0.2) is 4.98 Å². The Kier molecular flexibility index (Phi) is 6.58. The molecule has 0 saturated carbocycles. The van der Waals surface area contributed by atoms with E-state index in [1.807, 2.05) is 0 Å². The van der Waals surface area contributed by atoms with Gasteiger partial charge in [-0.05, 0) is 131 Å². The quantitative estimate of drug-likeness (QED) is 0.174. The van der Waals surface area contributed by atoms with E-state index in [1.54, 1.807) is 0 Å². The van der Waals surface area contributed by atoms with E-state index in [9.17, 15) is 0 Å². The van der Waals surface area contributed by atoms with Crippen LogP contribution in [0, 0.1) is 27.7 Å². The second kappa shape index (κ2) is 11.7. The number of rotatable bonds is 2. The van der Waals surface area contributed by atoms with Gasteiger partial charge in [-0.3, -0.25) is 8.97 Å². The van der Waals surface area contributed by atoms with Crippen molar-refractivity contribution >= 4 is 49.7 Å². The summed E-state index contributed by atoms with van der Waals surface area (Å²) in [5, 5.41) is 2.44. The fourth-order valence-corrected chi connectivity index (χ4v) is 10.0. The summed E-state index contributed by atoms with van der Waals surface area (Å²) in [6.07, 6.45) is 0. The van der Waals surface area contributed by atoms with Crippen molar-refractivity contribution in [1.29, 1.82) is 0 Å². The molecule has 1 aliphatic carbocycles. The first-order valence-electron chi connectivity index (χ1n) is 19.8. The lowest BCUT2D eigenvalue weighted by molar-refractivity contribution is 1.10. The molecule has 3 aromatic heterocycles. The molecule has 0 saturated heterocycles. The van der Waals surface area contributed by atoms with Crippen LogP contribution in [0.3, 0.4) is 0 Å². The maximum absolute atomic E-state index is 5.29. The van der Waals surface area contributed by atoms with Crippen molar-refractivity contribution < 1.29 is 0 Å². The summed E-state index contributed by atoms with van der Waals surface area (Å²) in [7, 11) is 0. The van der Waals surface area contributed by atoms with Crippen LogP contribution >= 0.6 is 0 Å². The number of nitrogens with zero attached hydrogens (tertiary/aromatic N) is 4. The molecule has 0 unspecified atom stereocenters. The summed E-state index contributed by atoms with van der Waals surface area (Å²) in [6.45, 7) is 9.09. The molecule has 12 rings (SSSR count). The fraction of sp³-hybridized carbons (Fsp3) is 0.0755. The standard InChI is InChI=1S/C53H38N4/c1-31-16-15-27-48-51(31)54-53-55(46-25-13-14-26-47(46)57(48)53)35-28-29-45-43(30-35)40-21-11-12-24-44(40)56(45)52-34(4)32(2)33(3)49-41-22-9-7-19-38(41)36-17-5-6-18-37(36)39-20-8-10-23-42(39)50(49)52/h5-30H,1-4H3. The Morgan fingerprint density at radius 2 is 0.930 bits per heavy atom. The van der Waals surface area contributed by atoms with Crippen LogP contribution in [0.4, 0.5) is 0 Å². The van der Waals surface area contributed by atoms with Crippen LogP contribution in [-0.2, 0) is 0 Å². The molecule has 0 amide bonds. The first-order valence-corrected chi connectivity index (χ1v) is 19.8. The van der Waals surface area contributed by atoms with Gasteiger partial charge in [0.1, 0.15) is 0 Å². The summed E-state index contributed by atoms with van der Waals surface area (Å²) in [6, 6.07) is 58.0. The van der Waals surface area contributed by atoms with E-state index >= 15 is 0 Å². The Balaban J connectivity index is 1.21. The molecule has 8 aromatic carbocycles. The Labute approximate surface area is 330 Å². The molecule has 1 aliphatic rings. The smallest absolute Gasteiger partial charge is 0.220 e. The van der Waals surface area contributed by atoms with Crippen LogP contribution in [0.5, 0.6) is 0 Å². The van der Waals surface area contributed by atoms with Crippen molar-refractivity contribution in [3.8, 4) is 55.9 Å². The van der Waals surface area contributed by atoms with E-state index in [4.69, 9.17) is 4.98 Å². The molecule has 0 spiro atoms. The number of imidazole rings is 2. The van der Waals surface area contributed by atoms with Gasteiger partial charge in [0.25, 0.3) is 0 Å². The predicted molar refractivity (Wildman–Crippen MR) is 238 cm³/mol. The average Bonchev–Trinajstić information content (AvgIpc) is 3.90. The lowest BCUT2D eigenvalue weighted by Gasteiger charge is -2.29.